The normalized spacial score (nSPS) is 18.5. The molecule has 2 atom stereocenters. The lowest BCUT2D eigenvalue weighted by Gasteiger charge is -2.31. The van der Waals surface area contributed by atoms with Gasteiger partial charge in [-0.15, -0.1) is 0 Å². The molecule has 0 saturated carbocycles. The number of likely N-dealkylation sites (tertiary alicyclic amines) is 1. The molecule has 0 spiro atoms. The quantitative estimate of drug-likeness (QED) is 0.760. The third kappa shape index (κ3) is 6.31. The van der Waals surface area contributed by atoms with Crippen LogP contribution in [0, 0.1) is 5.92 Å². The Morgan fingerprint density at radius 1 is 1.35 bits per heavy atom. The van der Waals surface area contributed by atoms with Crippen molar-refractivity contribution in [3.8, 4) is 5.75 Å². The van der Waals surface area contributed by atoms with Gasteiger partial charge in [0.15, 0.2) is 0 Å². The molecule has 2 unspecified atom stereocenters. The Morgan fingerprint density at radius 2 is 2.04 bits per heavy atom. The van der Waals surface area contributed by atoms with Gasteiger partial charge in [0.2, 0.25) is 11.8 Å². The largest absolute Gasteiger partial charge is 0.491 e. The van der Waals surface area contributed by atoms with Crippen LogP contribution in [0.1, 0.15) is 19.8 Å². The van der Waals surface area contributed by atoms with Gasteiger partial charge >= 0.3 is 0 Å². The Hall–Kier alpha value is -2.12. The topological polar surface area (TPSA) is 82.1 Å². The molecule has 1 fully saturated rings. The summed E-state index contributed by atoms with van der Waals surface area (Å²) in [5, 5.41) is 12.7. The Balaban J connectivity index is 1.82. The number of aliphatic hydroxyl groups excluding tert-OH is 1. The van der Waals surface area contributed by atoms with E-state index in [2.05, 4.69) is 5.32 Å². The lowest BCUT2D eigenvalue weighted by Crippen LogP contribution is -2.42. The van der Waals surface area contributed by atoms with E-state index < -0.39 is 6.10 Å². The summed E-state index contributed by atoms with van der Waals surface area (Å²) in [6.07, 6.45) is 1.08. The average molecular weight is 363 g/mol. The van der Waals surface area contributed by atoms with E-state index in [1.807, 2.05) is 19.0 Å². The fourth-order valence-corrected chi connectivity index (χ4v) is 3.02. The number of piperidine rings is 1. The number of anilines is 1. The van der Waals surface area contributed by atoms with Crippen LogP contribution in [-0.2, 0) is 9.59 Å². The summed E-state index contributed by atoms with van der Waals surface area (Å²) in [4.78, 5) is 27.5. The molecule has 26 heavy (non-hydrogen) atoms. The zero-order valence-corrected chi connectivity index (χ0v) is 15.8. The molecule has 1 heterocycles. The van der Waals surface area contributed by atoms with Gasteiger partial charge in [0, 0.05) is 32.2 Å². The molecule has 144 valence electrons. The number of ether oxygens (including phenoxy) is 1. The maximum atomic E-state index is 12.4. The van der Waals surface area contributed by atoms with Crippen molar-refractivity contribution in [2.75, 3.05) is 45.7 Å². The van der Waals surface area contributed by atoms with Gasteiger partial charge in [0.05, 0.1) is 5.92 Å². The van der Waals surface area contributed by atoms with Gasteiger partial charge in [-0.05, 0) is 51.2 Å². The number of carbonyl (C=O) groups is 2. The minimum Gasteiger partial charge on any atom is -0.491 e. The SMILES string of the molecule is CC(=O)N1CCCC(C(=O)Nc2ccc(OCC(O)CN(C)C)cc2)C1. The molecular formula is C19H29N3O4. The summed E-state index contributed by atoms with van der Waals surface area (Å²) in [5.74, 6) is 0.414. The number of rotatable bonds is 7. The minimum atomic E-state index is -0.556. The summed E-state index contributed by atoms with van der Waals surface area (Å²) in [6.45, 7) is 3.49. The smallest absolute Gasteiger partial charge is 0.229 e. The summed E-state index contributed by atoms with van der Waals surface area (Å²) < 4.78 is 5.55. The highest BCUT2D eigenvalue weighted by molar-refractivity contribution is 5.93. The van der Waals surface area contributed by atoms with Crippen LogP contribution in [0.4, 0.5) is 5.69 Å². The van der Waals surface area contributed by atoms with Gasteiger partial charge in [-0.1, -0.05) is 0 Å². The minimum absolute atomic E-state index is 0.0143. The summed E-state index contributed by atoms with van der Waals surface area (Å²) in [5.41, 5.74) is 0.691. The fraction of sp³-hybridized carbons (Fsp3) is 0.579. The van der Waals surface area contributed by atoms with E-state index in [0.29, 0.717) is 24.5 Å². The van der Waals surface area contributed by atoms with Crippen LogP contribution in [0.25, 0.3) is 0 Å². The van der Waals surface area contributed by atoms with Crippen molar-refractivity contribution in [2.45, 2.75) is 25.9 Å². The zero-order chi connectivity index (χ0) is 19.1. The van der Waals surface area contributed by atoms with Crippen LogP contribution >= 0.6 is 0 Å². The van der Waals surface area contributed by atoms with Crippen molar-refractivity contribution in [3.05, 3.63) is 24.3 Å². The summed E-state index contributed by atoms with van der Waals surface area (Å²) in [6, 6.07) is 7.08. The number of nitrogens with zero attached hydrogens (tertiary/aromatic N) is 2. The van der Waals surface area contributed by atoms with Crippen molar-refractivity contribution in [3.63, 3.8) is 0 Å². The van der Waals surface area contributed by atoms with E-state index in [-0.39, 0.29) is 24.3 Å². The molecular weight excluding hydrogens is 334 g/mol. The summed E-state index contributed by atoms with van der Waals surface area (Å²) >= 11 is 0. The molecule has 1 aromatic carbocycles. The van der Waals surface area contributed by atoms with E-state index in [4.69, 9.17) is 4.74 Å². The predicted molar refractivity (Wildman–Crippen MR) is 100 cm³/mol. The molecule has 0 radical (unpaired) electrons. The first-order valence-electron chi connectivity index (χ1n) is 8.97. The lowest BCUT2D eigenvalue weighted by molar-refractivity contribution is -0.132. The molecule has 0 aromatic heterocycles. The van der Waals surface area contributed by atoms with E-state index in [1.54, 1.807) is 29.2 Å². The maximum Gasteiger partial charge on any atom is 0.229 e. The monoisotopic (exact) mass is 363 g/mol. The third-order valence-electron chi connectivity index (χ3n) is 4.38. The molecule has 1 saturated heterocycles. The number of hydrogen-bond donors (Lipinski definition) is 2. The van der Waals surface area contributed by atoms with Crippen LogP contribution in [-0.4, -0.2) is 73.2 Å². The second kappa shape index (κ2) is 9.54. The standard InChI is InChI=1S/C19H29N3O4/c1-14(23)22-10-4-5-15(11-22)19(25)20-16-6-8-18(9-7-16)26-13-17(24)12-21(2)3/h6-9,15,17,24H,4-5,10-13H2,1-3H3,(H,20,25). The molecule has 0 bridgehead atoms. The molecule has 2 rings (SSSR count). The molecule has 0 aliphatic carbocycles. The van der Waals surface area contributed by atoms with Crippen LogP contribution in [0.3, 0.4) is 0 Å². The van der Waals surface area contributed by atoms with Crippen molar-refractivity contribution in [2.24, 2.45) is 5.92 Å². The first-order valence-corrected chi connectivity index (χ1v) is 8.97. The van der Waals surface area contributed by atoms with Crippen molar-refractivity contribution < 1.29 is 19.4 Å². The van der Waals surface area contributed by atoms with E-state index in [9.17, 15) is 14.7 Å². The molecule has 7 heteroatoms. The Kier molecular flexibility index (Phi) is 7.41. The van der Waals surface area contributed by atoms with Gasteiger partial charge in [-0.3, -0.25) is 9.59 Å². The highest BCUT2D eigenvalue weighted by Gasteiger charge is 2.26. The number of likely N-dealkylation sites (N-methyl/N-ethyl adjacent to an activating group) is 1. The van der Waals surface area contributed by atoms with Gasteiger partial charge in [0.25, 0.3) is 0 Å². The predicted octanol–water partition coefficient (Wildman–Crippen LogP) is 1.18. The van der Waals surface area contributed by atoms with Crippen LogP contribution < -0.4 is 10.1 Å². The van der Waals surface area contributed by atoms with Crippen LogP contribution in [0.5, 0.6) is 5.75 Å². The maximum absolute atomic E-state index is 12.4. The summed E-state index contributed by atoms with van der Waals surface area (Å²) in [7, 11) is 3.78. The first-order chi connectivity index (χ1) is 12.3. The second-order valence-corrected chi connectivity index (χ2v) is 7.04. The first kappa shape index (κ1) is 20.2. The fourth-order valence-electron chi connectivity index (χ4n) is 3.02. The van der Waals surface area contributed by atoms with Gasteiger partial charge in [-0.2, -0.15) is 0 Å². The lowest BCUT2D eigenvalue weighted by atomic mass is 9.97. The molecule has 7 nitrogen and oxygen atoms in total. The molecule has 1 aliphatic heterocycles. The van der Waals surface area contributed by atoms with Crippen molar-refractivity contribution >= 4 is 17.5 Å². The number of nitrogens with one attached hydrogen (secondary N) is 1. The molecule has 1 aromatic rings. The number of benzene rings is 1. The highest BCUT2D eigenvalue weighted by Crippen LogP contribution is 2.20. The van der Waals surface area contributed by atoms with E-state index in [0.717, 1.165) is 19.4 Å². The molecule has 1 aliphatic rings. The van der Waals surface area contributed by atoms with E-state index in [1.165, 1.54) is 6.92 Å². The zero-order valence-electron chi connectivity index (χ0n) is 15.8. The van der Waals surface area contributed by atoms with Gasteiger partial charge in [0.1, 0.15) is 18.5 Å². The van der Waals surface area contributed by atoms with E-state index >= 15 is 0 Å². The average Bonchev–Trinajstić information content (AvgIpc) is 2.60. The Labute approximate surface area is 154 Å². The van der Waals surface area contributed by atoms with Crippen molar-refractivity contribution in [1.82, 2.24) is 9.80 Å². The number of aliphatic hydroxyl groups is 1. The highest BCUT2D eigenvalue weighted by atomic mass is 16.5. The van der Waals surface area contributed by atoms with Crippen LogP contribution in [0.2, 0.25) is 0 Å². The number of hydrogen-bond acceptors (Lipinski definition) is 5. The molecule has 2 amide bonds. The number of carbonyl (C=O) groups excluding carboxylic acids is 2. The van der Waals surface area contributed by atoms with Gasteiger partial charge in [-0.25, -0.2) is 0 Å². The Bertz CT molecular complexity index is 603. The molecule has 2 N–H and O–H groups in total. The van der Waals surface area contributed by atoms with Gasteiger partial charge < -0.3 is 25.0 Å². The Morgan fingerprint density at radius 3 is 2.65 bits per heavy atom. The third-order valence-corrected chi connectivity index (χ3v) is 4.38. The van der Waals surface area contributed by atoms with Crippen molar-refractivity contribution in [1.29, 1.82) is 0 Å². The number of amides is 2. The van der Waals surface area contributed by atoms with Crippen LogP contribution in [0.15, 0.2) is 24.3 Å². The second-order valence-electron chi connectivity index (χ2n) is 7.04.